The van der Waals surface area contributed by atoms with E-state index in [1.54, 1.807) is 53.2 Å². The second kappa shape index (κ2) is 7.96. The first-order valence-corrected chi connectivity index (χ1v) is 8.96. The van der Waals surface area contributed by atoms with Gasteiger partial charge in [-0.1, -0.05) is 24.3 Å². The van der Waals surface area contributed by atoms with Gasteiger partial charge in [0.15, 0.2) is 17.1 Å². The summed E-state index contributed by atoms with van der Waals surface area (Å²) in [4.78, 5) is 23.5. The molecule has 0 radical (unpaired) electrons. The van der Waals surface area contributed by atoms with Crippen molar-refractivity contribution in [1.82, 2.24) is 9.99 Å². The Morgan fingerprint density at radius 2 is 1.97 bits per heavy atom. The number of fused-ring (bicyclic) bond motifs is 1. The number of aromatic carboxylic acids is 1. The van der Waals surface area contributed by atoms with Crippen molar-refractivity contribution in [2.45, 2.75) is 0 Å². The zero-order chi connectivity index (χ0) is 21.1. The maximum atomic E-state index is 12.4. The molecular formula is C22H16N3O5-. The van der Waals surface area contributed by atoms with E-state index in [4.69, 9.17) is 9.15 Å². The van der Waals surface area contributed by atoms with Crippen molar-refractivity contribution in [2.24, 2.45) is 5.10 Å². The molecule has 0 unspecified atom stereocenters. The lowest BCUT2D eigenvalue weighted by Gasteiger charge is -2.09. The molecule has 8 nitrogen and oxygen atoms in total. The zero-order valence-electron chi connectivity index (χ0n) is 15.9. The van der Waals surface area contributed by atoms with Crippen molar-refractivity contribution in [2.75, 3.05) is 7.11 Å². The largest absolute Gasteiger partial charge is 0.545 e. The maximum absolute atomic E-state index is 12.4. The quantitative estimate of drug-likeness (QED) is 0.393. The van der Waals surface area contributed by atoms with E-state index in [1.807, 2.05) is 6.07 Å². The molecule has 0 atom stereocenters. The number of para-hydroxylation sites is 1. The number of hydrogen-bond acceptors (Lipinski definition) is 6. The molecule has 4 rings (SSSR count). The van der Waals surface area contributed by atoms with Gasteiger partial charge in [0.25, 0.3) is 0 Å². The molecule has 0 saturated carbocycles. The Morgan fingerprint density at radius 3 is 2.77 bits per heavy atom. The first kappa shape index (κ1) is 19.0. The number of carboxylic acid groups (broad SMARTS) is 1. The third kappa shape index (κ3) is 3.66. The average Bonchev–Trinajstić information content (AvgIpc) is 3.40. The normalized spacial score (nSPS) is 11.1. The van der Waals surface area contributed by atoms with Gasteiger partial charge in [-0.2, -0.15) is 5.10 Å². The van der Waals surface area contributed by atoms with E-state index in [-0.39, 0.29) is 11.3 Å². The van der Waals surface area contributed by atoms with Crippen molar-refractivity contribution in [1.29, 1.82) is 0 Å². The molecule has 8 heteroatoms. The second-order valence-corrected chi connectivity index (χ2v) is 6.33. The molecule has 0 saturated heterocycles. The minimum atomic E-state index is -1.26. The smallest absolute Gasteiger partial charge is 0.307 e. The van der Waals surface area contributed by atoms with Crippen molar-refractivity contribution < 1.29 is 23.8 Å². The molecule has 0 bridgehead atoms. The fourth-order valence-electron chi connectivity index (χ4n) is 3.04. The summed E-state index contributed by atoms with van der Waals surface area (Å²) in [6.45, 7) is 0. The molecule has 0 aliphatic rings. The molecular weight excluding hydrogens is 386 g/mol. The van der Waals surface area contributed by atoms with E-state index < -0.39 is 11.9 Å². The standard InChI is InChI=1S/C22H17N3O5/c1-29-18-9-3-5-14-12-19(30-20(14)18)21(26)24-23-13-17-8-4-10-25(17)16-7-2-6-15(11-16)22(27)28/h2-13H,1H3,(H,24,26)(H,27,28)/p-1/b23-13-. The summed E-state index contributed by atoms with van der Waals surface area (Å²) < 4.78 is 12.6. The fraction of sp³-hybridized carbons (Fsp3) is 0.0455. The van der Waals surface area contributed by atoms with Crippen LogP contribution in [0.1, 0.15) is 26.6 Å². The van der Waals surface area contributed by atoms with Gasteiger partial charge in [0.05, 0.1) is 25.0 Å². The van der Waals surface area contributed by atoms with Crippen LogP contribution in [0.25, 0.3) is 16.7 Å². The monoisotopic (exact) mass is 402 g/mol. The van der Waals surface area contributed by atoms with E-state index in [2.05, 4.69) is 10.5 Å². The lowest BCUT2D eigenvalue weighted by Crippen LogP contribution is -2.22. The molecule has 4 aromatic rings. The van der Waals surface area contributed by atoms with Crippen LogP contribution in [0.5, 0.6) is 5.75 Å². The van der Waals surface area contributed by atoms with Gasteiger partial charge in [-0.05, 0) is 42.0 Å². The number of ether oxygens (including phenoxy) is 1. The van der Waals surface area contributed by atoms with Crippen molar-refractivity contribution in [3.8, 4) is 11.4 Å². The number of carbonyl (C=O) groups excluding carboxylic acids is 2. The summed E-state index contributed by atoms with van der Waals surface area (Å²) in [5, 5.41) is 15.8. The fourth-order valence-corrected chi connectivity index (χ4v) is 3.04. The van der Waals surface area contributed by atoms with Crippen LogP contribution in [0, 0.1) is 0 Å². The predicted molar refractivity (Wildman–Crippen MR) is 108 cm³/mol. The Hall–Kier alpha value is -4.33. The van der Waals surface area contributed by atoms with E-state index in [0.29, 0.717) is 22.7 Å². The van der Waals surface area contributed by atoms with E-state index in [9.17, 15) is 14.7 Å². The molecule has 1 amide bonds. The van der Waals surface area contributed by atoms with Crippen LogP contribution >= 0.6 is 0 Å². The third-order valence-corrected chi connectivity index (χ3v) is 4.45. The van der Waals surface area contributed by atoms with Crippen LogP contribution in [-0.4, -0.2) is 29.8 Å². The van der Waals surface area contributed by atoms with Gasteiger partial charge in [-0.15, -0.1) is 0 Å². The summed E-state index contributed by atoms with van der Waals surface area (Å²) in [6, 6.07) is 16.9. The van der Waals surface area contributed by atoms with Gasteiger partial charge >= 0.3 is 5.91 Å². The molecule has 150 valence electrons. The molecule has 2 aromatic heterocycles. The number of aromatic nitrogens is 1. The van der Waals surface area contributed by atoms with Gasteiger partial charge in [-0.3, -0.25) is 4.79 Å². The first-order chi connectivity index (χ1) is 14.6. The molecule has 30 heavy (non-hydrogen) atoms. The second-order valence-electron chi connectivity index (χ2n) is 6.33. The van der Waals surface area contributed by atoms with Crippen LogP contribution in [0.3, 0.4) is 0 Å². The number of carbonyl (C=O) groups is 2. The maximum Gasteiger partial charge on any atom is 0.307 e. The molecule has 0 fully saturated rings. The number of nitrogens with one attached hydrogen (secondary N) is 1. The lowest BCUT2D eigenvalue weighted by atomic mass is 10.2. The molecule has 1 N–H and O–H groups in total. The van der Waals surface area contributed by atoms with Gasteiger partial charge < -0.3 is 23.6 Å². The lowest BCUT2D eigenvalue weighted by molar-refractivity contribution is -0.255. The molecule has 2 aromatic carbocycles. The van der Waals surface area contributed by atoms with Crippen LogP contribution in [0.4, 0.5) is 0 Å². The van der Waals surface area contributed by atoms with Crippen molar-refractivity contribution >= 4 is 29.1 Å². The summed E-state index contributed by atoms with van der Waals surface area (Å²) >= 11 is 0. The number of methoxy groups -OCH3 is 1. The topological polar surface area (TPSA) is 109 Å². The van der Waals surface area contributed by atoms with Crippen molar-refractivity contribution in [3.05, 3.63) is 83.9 Å². The number of nitrogens with zero attached hydrogens (tertiary/aromatic N) is 2. The van der Waals surface area contributed by atoms with Gasteiger partial charge in [0, 0.05) is 17.3 Å². The van der Waals surface area contributed by atoms with Crippen molar-refractivity contribution in [3.63, 3.8) is 0 Å². The highest BCUT2D eigenvalue weighted by molar-refractivity contribution is 5.97. The summed E-state index contributed by atoms with van der Waals surface area (Å²) in [7, 11) is 1.53. The van der Waals surface area contributed by atoms with E-state index in [1.165, 1.54) is 25.5 Å². The number of amides is 1. The summed E-state index contributed by atoms with van der Waals surface area (Å²) in [5.41, 5.74) is 4.23. The Kier molecular flexibility index (Phi) is 5.04. The molecule has 2 heterocycles. The number of hydrogen-bond donors (Lipinski definition) is 1. The van der Waals surface area contributed by atoms with Crippen LogP contribution in [-0.2, 0) is 0 Å². The molecule has 0 aliphatic carbocycles. The Morgan fingerprint density at radius 1 is 1.13 bits per heavy atom. The highest BCUT2D eigenvalue weighted by Gasteiger charge is 2.14. The first-order valence-electron chi connectivity index (χ1n) is 8.96. The van der Waals surface area contributed by atoms with Crippen LogP contribution in [0.2, 0.25) is 0 Å². The van der Waals surface area contributed by atoms with E-state index in [0.717, 1.165) is 5.39 Å². The van der Waals surface area contributed by atoms with E-state index >= 15 is 0 Å². The molecule has 0 spiro atoms. The van der Waals surface area contributed by atoms with Gasteiger partial charge in [-0.25, -0.2) is 5.43 Å². The Bertz CT molecular complexity index is 1270. The minimum absolute atomic E-state index is 0.0673. The molecule has 0 aliphatic heterocycles. The zero-order valence-corrected chi connectivity index (χ0v) is 15.9. The minimum Gasteiger partial charge on any atom is -0.545 e. The average molecular weight is 402 g/mol. The number of hydrazone groups is 1. The Labute approximate surface area is 171 Å². The number of benzene rings is 2. The summed E-state index contributed by atoms with van der Waals surface area (Å²) in [5.74, 6) is -1.13. The van der Waals surface area contributed by atoms with Gasteiger partial charge in [0.1, 0.15) is 0 Å². The Balaban J connectivity index is 1.52. The highest BCUT2D eigenvalue weighted by Crippen LogP contribution is 2.28. The number of furan rings is 1. The highest BCUT2D eigenvalue weighted by atomic mass is 16.5. The number of rotatable bonds is 6. The SMILES string of the molecule is COc1cccc2cc(C(=O)N/N=C\c3cccn3-c3cccc(C(=O)[O-])c3)oc12. The third-order valence-electron chi connectivity index (χ3n) is 4.45. The van der Waals surface area contributed by atoms with Crippen LogP contribution < -0.4 is 15.3 Å². The van der Waals surface area contributed by atoms with Crippen LogP contribution in [0.15, 0.2) is 76.4 Å². The van der Waals surface area contributed by atoms with Gasteiger partial charge in [0.2, 0.25) is 0 Å². The number of carboxylic acids is 1. The predicted octanol–water partition coefficient (Wildman–Crippen LogP) is 2.36. The summed E-state index contributed by atoms with van der Waals surface area (Å²) in [6.07, 6.45) is 3.20.